The second-order valence-corrected chi connectivity index (χ2v) is 6.52. The SMILES string of the molecule is CCCCCCCC/C=C\CCCCCCCC(=O)O.O=C(O)CCl. The molecule has 0 spiro atoms. The van der Waals surface area contributed by atoms with Gasteiger partial charge in [0.15, 0.2) is 0 Å². The maximum atomic E-state index is 10.3. The highest BCUT2D eigenvalue weighted by Gasteiger charge is 1.95. The molecule has 0 aromatic rings. The summed E-state index contributed by atoms with van der Waals surface area (Å²) in [5.41, 5.74) is 0. The van der Waals surface area contributed by atoms with E-state index in [0.29, 0.717) is 6.42 Å². The molecule has 0 fully saturated rings. The van der Waals surface area contributed by atoms with E-state index >= 15 is 0 Å². The number of carboxylic acid groups (broad SMARTS) is 2. The second-order valence-electron chi connectivity index (χ2n) is 6.26. The Kier molecular flexibility index (Phi) is 24.1. The molecule has 0 radical (unpaired) electrons. The summed E-state index contributed by atoms with van der Waals surface area (Å²) in [6, 6.07) is 0. The third-order valence-electron chi connectivity index (χ3n) is 3.77. The molecule has 0 unspecified atom stereocenters. The summed E-state index contributed by atoms with van der Waals surface area (Å²) in [5.74, 6) is -1.95. The molecular formula is C20H37ClO4. The normalized spacial score (nSPS) is 10.5. The lowest BCUT2D eigenvalue weighted by atomic mass is 10.1. The van der Waals surface area contributed by atoms with Crippen LogP contribution in [0, 0.1) is 0 Å². The van der Waals surface area contributed by atoms with Crippen LogP contribution in [-0.2, 0) is 9.59 Å². The third kappa shape index (κ3) is 31.3. The minimum atomic E-state index is -0.980. The third-order valence-corrected chi connectivity index (χ3v) is 4.00. The average Bonchev–Trinajstić information content (AvgIpc) is 2.58. The van der Waals surface area contributed by atoms with Gasteiger partial charge in [0.1, 0.15) is 5.88 Å². The standard InChI is InChI=1S/C18H34O2.C2H3ClO2/c1-2-3-4-5-6-7-8-9-10-11-12-13-14-15-16-17-18(19)20;3-1-2(4)5/h9-10H,2-8,11-17H2,1H3,(H,19,20);1H2,(H,4,5)/b10-9-;. The Morgan fingerprint density at radius 3 is 1.52 bits per heavy atom. The highest BCUT2D eigenvalue weighted by Crippen LogP contribution is 2.09. The molecule has 2 N–H and O–H groups in total. The Morgan fingerprint density at radius 2 is 1.12 bits per heavy atom. The number of hydrogen-bond donors (Lipinski definition) is 2. The number of carboxylic acids is 2. The van der Waals surface area contributed by atoms with Crippen LogP contribution in [0.15, 0.2) is 12.2 Å². The summed E-state index contributed by atoms with van der Waals surface area (Å²) < 4.78 is 0. The predicted molar refractivity (Wildman–Crippen MR) is 105 cm³/mol. The van der Waals surface area contributed by atoms with Gasteiger partial charge in [0.05, 0.1) is 0 Å². The molecule has 4 nitrogen and oxygen atoms in total. The number of hydrogen-bond acceptors (Lipinski definition) is 2. The number of halogens is 1. The van der Waals surface area contributed by atoms with Crippen molar-refractivity contribution in [3.63, 3.8) is 0 Å². The van der Waals surface area contributed by atoms with Crippen molar-refractivity contribution in [2.75, 3.05) is 5.88 Å². The van der Waals surface area contributed by atoms with Gasteiger partial charge in [0.2, 0.25) is 0 Å². The highest BCUT2D eigenvalue weighted by atomic mass is 35.5. The first-order chi connectivity index (χ1) is 12.0. The van der Waals surface area contributed by atoms with Crippen molar-refractivity contribution in [1.29, 1.82) is 0 Å². The summed E-state index contributed by atoms with van der Waals surface area (Å²) in [6.45, 7) is 2.26. The zero-order valence-corrected chi connectivity index (χ0v) is 16.6. The average molecular weight is 377 g/mol. The van der Waals surface area contributed by atoms with E-state index in [1.807, 2.05) is 0 Å². The van der Waals surface area contributed by atoms with Gasteiger partial charge in [0, 0.05) is 6.42 Å². The zero-order valence-electron chi connectivity index (χ0n) is 15.9. The number of rotatable bonds is 16. The highest BCUT2D eigenvalue weighted by molar-refractivity contribution is 6.26. The van der Waals surface area contributed by atoms with Gasteiger partial charge in [-0.3, -0.25) is 9.59 Å². The lowest BCUT2D eigenvalue weighted by Crippen LogP contribution is -1.93. The number of allylic oxidation sites excluding steroid dienone is 2. The topological polar surface area (TPSA) is 74.6 Å². The van der Waals surface area contributed by atoms with Gasteiger partial charge in [-0.15, -0.1) is 11.6 Å². The van der Waals surface area contributed by atoms with Crippen molar-refractivity contribution in [1.82, 2.24) is 0 Å². The molecule has 0 heterocycles. The van der Waals surface area contributed by atoms with Crippen molar-refractivity contribution in [2.24, 2.45) is 0 Å². The van der Waals surface area contributed by atoms with E-state index in [-0.39, 0.29) is 5.88 Å². The molecular weight excluding hydrogens is 340 g/mol. The smallest absolute Gasteiger partial charge is 0.318 e. The molecule has 0 aromatic heterocycles. The largest absolute Gasteiger partial charge is 0.481 e. The monoisotopic (exact) mass is 376 g/mol. The number of carbonyl (C=O) groups is 2. The summed E-state index contributed by atoms with van der Waals surface area (Å²) in [7, 11) is 0. The lowest BCUT2D eigenvalue weighted by molar-refractivity contribution is -0.137. The quantitative estimate of drug-likeness (QED) is 0.185. The Hall–Kier alpha value is -1.03. The van der Waals surface area contributed by atoms with Gasteiger partial charge in [-0.1, -0.05) is 70.4 Å². The van der Waals surface area contributed by atoms with Gasteiger partial charge >= 0.3 is 11.9 Å². The molecule has 0 bridgehead atoms. The summed E-state index contributed by atoms with van der Waals surface area (Å²) >= 11 is 4.74. The van der Waals surface area contributed by atoms with Crippen LogP contribution in [0.4, 0.5) is 0 Å². The van der Waals surface area contributed by atoms with Crippen LogP contribution in [0.1, 0.15) is 96.8 Å². The molecule has 0 saturated heterocycles. The first-order valence-corrected chi connectivity index (χ1v) is 10.2. The van der Waals surface area contributed by atoms with Crippen molar-refractivity contribution in [3.8, 4) is 0 Å². The van der Waals surface area contributed by atoms with Crippen LogP contribution in [0.2, 0.25) is 0 Å². The van der Waals surface area contributed by atoms with Crippen LogP contribution < -0.4 is 0 Å². The molecule has 0 saturated carbocycles. The molecule has 25 heavy (non-hydrogen) atoms. The Labute approximate surface area is 158 Å². The first-order valence-electron chi connectivity index (χ1n) is 9.69. The number of unbranched alkanes of at least 4 members (excludes halogenated alkanes) is 11. The van der Waals surface area contributed by atoms with Gasteiger partial charge in [-0.25, -0.2) is 0 Å². The maximum absolute atomic E-state index is 10.3. The van der Waals surface area contributed by atoms with Crippen molar-refractivity contribution >= 4 is 23.5 Å². The minimum absolute atomic E-state index is 0.306. The molecule has 0 amide bonds. The summed E-state index contributed by atoms with van der Waals surface area (Å²) in [4.78, 5) is 19.6. The first kappa shape index (κ1) is 26.2. The van der Waals surface area contributed by atoms with E-state index in [9.17, 15) is 9.59 Å². The van der Waals surface area contributed by atoms with Crippen LogP contribution in [0.5, 0.6) is 0 Å². The van der Waals surface area contributed by atoms with Crippen molar-refractivity contribution < 1.29 is 19.8 Å². The van der Waals surface area contributed by atoms with E-state index in [1.165, 1.54) is 70.6 Å². The van der Waals surface area contributed by atoms with Gasteiger partial charge < -0.3 is 10.2 Å². The van der Waals surface area contributed by atoms with E-state index in [2.05, 4.69) is 19.1 Å². The molecule has 0 rings (SSSR count). The van der Waals surface area contributed by atoms with E-state index in [0.717, 1.165) is 12.8 Å². The van der Waals surface area contributed by atoms with Crippen molar-refractivity contribution in [2.45, 2.75) is 96.8 Å². The molecule has 0 aromatic carbocycles. The Balaban J connectivity index is 0. The van der Waals surface area contributed by atoms with Crippen LogP contribution in [0.25, 0.3) is 0 Å². The van der Waals surface area contributed by atoms with Crippen molar-refractivity contribution in [3.05, 3.63) is 12.2 Å². The summed E-state index contributed by atoms with van der Waals surface area (Å²) in [5, 5.41) is 16.1. The summed E-state index contributed by atoms with van der Waals surface area (Å²) in [6.07, 6.45) is 21.2. The minimum Gasteiger partial charge on any atom is -0.481 e. The van der Waals surface area contributed by atoms with Gasteiger partial charge in [0.25, 0.3) is 0 Å². The lowest BCUT2D eigenvalue weighted by Gasteiger charge is -1.99. The van der Waals surface area contributed by atoms with Gasteiger partial charge in [-0.05, 0) is 32.1 Å². The van der Waals surface area contributed by atoms with Gasteiger partial charge in [-0.2, -0.15) is 0 Å². The van der Waals surface area contributed by atoms with E-state index in [1.54, 1.807) is 0 Å². The predicted octanol–water partition coefficient (Wildman–Crippen LogP) is 6.42. The van der Waals surface area contributed by atoms with Crippen LogP contribution in [-0.4, -0.2) is 28.0 Å². The fraction of sp³-hybridized carbons (Fsp3) is 0.800. The zero-order chi connectivity index (χ0) is 19.2. The number of alkyl halides is 1. The second kappa shape index (κ2) is 23.0. The Bertz CT molecular complexity index is 330. The molecule has 0 aliphatic heterocycles. The van der Waals surface area contributed by atoms with E-state index < -0.39 is 11.9 Å². The number of aliphatic carboxylic acids is 2. The fourth-order valence-corrected chi connectivity index (χ4v) is 2.35. The molecule has 0 atom stereocenters. The molecule has 0 aliphatic rings. The maximum Gasteiger partial charge on any atom is 0.318 e. The molecule has 0 aliphatic carbocycles. The fourth-order valence-electron chi connectivity index (χ4n) is 2.35. The molecule has 5 heteroatoms. The van der Waals surface area contributed by atoms with Crippen LogP contribution in [0.3, 0.4) is 0 Å². The van der Waals surface area contributed by atoms with E-state index in [4.69, 9.17) is 21.8 Å². The van der Waals surface area contributed by atoms with Crippen LogP contribution >= 0.6 is 11.6 Å². The Morgan fingerprint density at radius 1 is 0.720 bits per heavy atom. The molecule has 148 valence electrons.